The van der Waals surface area contributed by atoms with E-state index in [1.807, 2.05) is 6.92 Å². The Bertz CT molecular complexity index is 915. The van der Waals surface area contributed by atoms with Gasteiger partial charge in [-0.25, -0.2) is 8.42 Å². The highest BCUT2D eigenvalue weighted by atomic mass is 32.2. The lowest BCUT2D eigenvalue weighted by Gasteiger charge is -2.14. The van der Waals surface area contributed by atoms with Crippen molar-refractivity contribution in [2.24, 2.45) is 0 Å². The molecule has 8 heteroatoms. The average molecular weight is 394 g/mol. The lowest BCUT2D eigenvalue weighted by Crippen LogP contribution is -2.18. The Morgan fingerprint density at radius 2 is 1.78 bits per heavy atom. The third-order valence-corrected chi connectivity index (χ3v) is 6.44. The minimum atomic E-state index is -3.84. The molecule has 27 heavy (non-hydrogen) atoms. The molecule has 2 rings (SSSR count). The number of anilines is 1. The molecule has 0 unspecified atom stereocenters. The van der Waals surface area contributed by atoms with E-state index >= 15 is 0 Å². The van der Waals surface area contributed by atoms with Crippen LogP contribution in [0.1, 0.15) is 24.6 Å². The SMILES string of the molecule is CCC(=O)Nc1c(S(=O)(=O)c2ccc(OC)cc2)c(C)c(C)n1CCOC. The summed E-state index contributed by atoms with van der Waals surface area (Å²) in [6.07, 6.45) is 0.246. The highest BCUT2D eigenvalue weighted by molar-refractivity contribution is 7.91. The second-order valence-corrected chi connectivity index (χ2v) is 8.00. The molecule has 0 saturated carbocycles. The number of rotatable bonds is 8. The van der Waals surface area contributed by atoms with Crippen LogP contribution >= 0.6 is 0 Å². The molecule has 0 saturated heterocycles. The van der Waals surface area contributed by atoms with Crippen molar-refractivity contribution in [3.8, 4) is 5.75 Å². The molecule has 7 nitrogen and oxygen atoms in total. The lowest BCUT2D eigenvalue weighted by atomic mass is 10.3. The topological polar surface area (TPSA) is 86.6 Å². The summed E-state index contributed by atoms with van der Waals surface area (Å²) in [6, 6.07) is 6.20. The Kier molecular flexibility index (Phi) is 6.67. The van der Waals surface area contributed by atoms with Crippen LogP contribution in [0.15, 0.2) is 34.1 Å². The number of hydrogen-bond donors (Lipinski definition) is 1. The number of carbonyl (C=O) groups is 1. The summed E-state index contributed by atoms with van der Waals surface area (Å²) in [5.41, 5.74) is 1.37. The maximum absolute atomic E-state index is 13.3. The monoisotopic (exact) mass is 394 g/mol. The van der Waals surface area contributed by atoms with Crippen LogP contribution in [-0.4, -0.2) is 39.7 Å². The van der Waals surface area contributed by atoms with Gasteiger partial charge in [0.25, 0.3) is 0 Å². The Morgan fingerprint density at radius 3 is 2.30 bits per heavy atom. The molecule has 0 aliphatic rings. The summed E-state index contributed by atoms with van der Waals surface area (Å²) in [5.74, 6) is 0.598. The van der Waals surface area contributed by atoms with Crippen molar-refractivity contribution in [1.29, 1.82) is 0 Å². The quantitative estimate of drug-likeness (QED) is 0.744. The van der Waals surface area contributed by atoms with Crippen LogP contribution in [0.2, 0.25) is 0 Å². The minimum absolute atomic E-state index is 0.114. The molecule has 1 heterocycles. The Labute approximate surface area is 160 Å². The third-order valence-electron chi connectivity index (χ3n) is 4.51. The van der Waals surface area contributed by atoms with E-state index in [1.54, 1.807) is 37.7 Å². The molecule has 0 spiro atoms. The van der Waals surface area contributed by atoms with E-state index in [0.717, 1.165) is 5.69 Å². The fourth-order valence-electron chi connectivity index (χ4n) is 2.84. The van der Waals surface area contributed by atoms with Gasteiger partial charge in [0.15, 0.2) is 0 Å². The molecule has 0 radical (unpaired) electrons. The summed E-state index contributed by atoms with van der Waals surface area (Å²) in [6.45, 7) is 6.12. The van der Waals surface area contributed by atoms with Crippen LogP contribution in [0, 0.1) is 13.8 Å². The van der Waals surface area contributed by atoms with Crippen molar-refractivity contribution in [2.45, 2.75) is 43.5 Å². The maximum atomic E-state index is 13.3. The van der Waals surface area contributed by atoms with Gasteiger partial charge in [-0.05, 0) is 43.7 Å². The van der Waals surface area contributed by atoms with E-state index in [9.17, 15) is 13.2 Å². The number of ether oxygens (including phenoxy) is 2. The third kappa shape index (κ3) is 4.17. The van der Waals surface area contributed by atoms with Crippen LogP contribution in [0.25, 0.3) is 0 Å². The van der Waals surface area contributed by atoms with Gasteiger partial charge in [-0.15, -0.1) is 0 Å². The van der Waals surface area contributed by atoms with Gasteiger partial charge in [0.05, 0.1) is 18.6 Å². The number of carbonyl (C=O) groups excluding carboxylic acids is 1. The number of aromatic nitrogens is 1. The van der Waals surface area contributed by atoms with Crippen molar-refractivity contribution in [3.63, 3.8) is 0 Å². The molecule has 0 atom stereocenters. The van der Waals surface area contributed by atoms with Gasteiger partial charge in [0.2, 0.25) is 15.7 Å². The number of nitrogens with zero attached hydrogens (tertiary/aromatic N) is 1. The molecule has 0 bridgehead atoms. The Hall–Kier alpha value is -2.32. The molecule has 0 fully saturated rings. The van der Waals surface area contributed by atoms with E-state index < -0.39 is 9.84 Å². The zero-order chi connectivity index (χ0) is 20.2. The largest absolute Gasteiger partial charge is 0.497 e. The molecular weight excluding hydrogens is 368 g/mol. The summed E-state index contributed by atoms with van der Waals surface area (Å²) in [5, 5.41) is 2.76. The van der Waals surface area contributed by atoms with Gasteiger partial charge in [0, 0.05) is 25.8 Å². The summed E-state index contributed by atoms with van der Waals surface area (Å²) >= 11 is 0. The van der Waals surface area contributed by atoms with E-state index in [-0.39, 0.29) is 27.9 Å². The first kappa shape index (κ1) is 21.0. The van der Waals surface area contributed by atoms with Crippen molar-refractivity contribution < 1.29 is 22.7 Å². The van der Waals surface area contributed by atoms with E-state index in [1.165, 1.54) is 19.2 Å². The summed E-state index contributed by atoms with van der Waals surface area (Å²) in [4.78, 5) is 12.3. The van der Waals surface area contributed by atoms with Crippen LogP contribution in [0.5, 0.6) is 5.75 Å². The molecule has 1 amide bonds. The molecule has 1 N–H and O–H groups in total. The molecule has 0 aliphatic heterocycles. The fraction of sp³-hybridized carbons (Fsp3) is 0.421. The van der Waals surface area contributed by atoms with Crippen molar-refractivity contribution in [1.82, 2.24) is 4.57 Å². The second-order valence-electron chi connectivity index (χ2n) is 6.11. The minimum Gasteiger partial charge on any atom is -0.497 e. The zero-order valence-corrected chi connectivity index (χ0v) is 17.1. The smallest absolute Gasteiger partial charge is 0.225 e. The van der Waals surface area contributed by atoms with Crippen LogP contribution in [0.4, 0.5) is 5.82 Å². The summed E-state index contributed by atoms with van der Waals surface area (Å²) < 4.78 is 38.7. The molecular formula is C19H26N2O5S. The van der Waals surface area contributed by atoms with E-state index in [4.69, 9.17) is 9.47 Å². The number of amides is 1. The van der Waals surface area contributed by atoms with Crippen LogP contribution in [-0.2, 0) is 25.9 Å². The lowest BCUT2D eigenvalue weighted by molar-refractivity contribution is -0.115. The van der Waals surface area contributed by atoms with Crippen molar-refractivity contribution in [3.05, 3.63) is 35.5 Å². The molecule has 0 aliphatic carbocycles. The normalized spacial score (nSPS) is 11.4. The zero-order valence-electron chi connectivity index (χ0n) is 16.3. The standard InChI is InChI=1S/C19H26N2O5S/c1-6-17(22)20-19-18(13(2)14(3)21(19)11-12-25-4)27(23,24)16-9-7-15(26-5)8-10-16/h7-10H,6,11-12H2,1-5H3,(H,20,22). The molecule has 1 aromatic heterocycles. The number of methoxy groups -OCH3 is 2. The van der Waals surface area contributed by atoms with Gasteiger partial charge in [-0.2, -0.15) is 0 Å². The van der Waals surface area contributed by atoms with E-state index in [0.29, 0.717) is 24.5 Å². The van der Waals surface area contributed by atoms with Crippen LogP contribution in [0.3, 0.4) is 0 Å². The average Bonchev–Trinajstić information content (AvgIpc) is 2.90. The Balaban J connectivity index is 2.66. The van der Waals surface area contributed by atoms with Gasteiger partial charge in [-0.1, -0.05) is 6.92 Å². The first-order valence-electron chi connectivity index (χ1n) is 8.65. The maximum Gasteiger partial charge on any atom is 0.225 e. The van der Waals surface area contributed by atoms with Gasteiger partial charge in [0.1, 0.15) is 16.5 Å². The predicted molar refractivity (Wildman–Crippen MR) is 103 cm³/mol. The van der Waals surface area contributed by atoms with E-state index in [2.05, 4.69) is 5.32 Å². The van der Waals surface area contributed by atoms with Gasteiger partial charge < -0.3 is 19.4 Å². The van der Waals surface area contributed by atoms with Crippen molar-refractivity contribution >= 4 is 21.6 Å². The first-order chi connectivity index (χ1) is 12.8. The van der Waals surface area contributed by atoms with Crippen LogP contribution < -0.4 is 10.1 Å². The van der Waals surface area contributed by atoms with Gasteiger partial charge >= 0.3 is 0 Å². The fourth-order valence-corrected chi connectivity index (χ4v) is 4.54. The molecule has 148 valence electrons. The predicted octanol–water partition coefficient (Wildman–Crippen LogP) is 2.94. The Morgan fingerprint density at radius 1 is 1.15 bits per heavy atom. The highest BCUT2D eigenvalue weighted by Crippen LogP contribution is 2.35. The number of nitrogens with one attached hydrogen (secondary N) is 1. The number of hydrogen-bond acceptors (Lipinski definition) is 5. The van der Waals surface area contributed by atoms with Crippen molar-refractivity contribution in [2.75, 3.05) is 26.1 Å². The highest BCUT2D eigenvalue weighted by Gasteiger charge is 2.30. The second kappa shape index (κ2) is 8.58. The molecule has 2 aromatic rings. The van der Waals surface area contributed by atoms with Gasteiger partial charge in [-0.3, -0.25) is 4.79 Å². The summed E-state index contributed by atoms with van der Waals surface area (Å²) in [7, 11) is -0.744. The first-order valence-corrected chi connectivity index (χ1v) is 10.1. The molecule has 1 aromatic carbocycles. The number of benzene rings is 1. The number of sulfone groups is 1.